The van der Waals surface area contributed by atoms with Crippen LogP contribution in [0.5, 0.6) is 0 Å². The molecule has 0 aromatic carbocycles. The summed E-state index contributed by atoms with van der Waals surface area (Å²) >= 11 is 0. The van der Waals surface area contributed by atoms with Crippen LogP contribution in [0.15, 0.2) is 29.4 Å². The van der Waals surface area contributed by atoms with E-state index < -0.39 is 28.0 Å². The summed E-state index contributed by atoms with van der Waals surface area (Å²) in [6.07, 6.45) is 3.66. The second kappa shape index (κ2) is 8.89. The number of pyridine rings is 1. The van der Waals surface area contributed by atoms with Crippen molar-refractivity contribution in [1.29, 1.82) is 0 Å². The van der Waals surface area contributed by atoms with Crippen LogP contribution in [0, 0.1) is 11.8 Å². The number of amides is 1. The Balaban J connectivity index is 2.97. The van der Waals surface area contributed by atoms with Crippen LogP contribution in [0.25, 0.3) is 0 Å². The van der Waals surface area contributed by atoms with Crippen molar-refractivity contribution in [2.45, 2.75) is 51.1 Å². The number of carbonyl (C=O) groups is 2. The molecule has 0 aliphatic heterocycles. The molecule has 1 rings (SSSR count). The van der Waals surface area contributed by atoms with Crippen molar-refractivity contribution >= 4 is 22.2 Å². The molecule has 1 aromatic rings. The van der Waals surface area contributed by atoms with Crippen LogP contribution in [0.3, 0.4) is 0 Å². The Bertz CT molecular complexity index is 645. The maximum atomic E-state index is 12.4. The van der Waals surface area contributed by atoms with E-state index in [2.05, 4.69) is 15.0 Å². The average molecular weight is 355 g/mol. The van der Waals surface area contributed by atoms with Gasteiger partial charge in [-0.15, -0.1) is 0 Å². The number of hydrogen-bond acceptors (Lipinski definition) is 5. The molecule has 1 amide bonds. The number of aromatic nitrogens is 1. The number of carbonyl (C=O) groups excluding carboxylic acids is 2. The van der Waals surface area contributed by atoms with Crippen molar-refractivity contribution in [1.82, 2.24) is 15.0 Å². The molecule has 0 fully saturated rings. The van der Waals surface area contributed by atoms with Gasteiger partial charge >= 0.3 is 0 Å². The van der Waals surface area contributed by atoms with Crippen molar-refractivity contribution in [2.75, 3.05) is 0 Å². The lowest BCUT2D eigenvalue weighted by atomic mass is 10.0. The molecule has 8 heteroatoms. The highest BCUT2D eigenvalue weighted by Crippen LogP contribution is 2.12. The lowest BCUT2D eigenvalue weighted by molar-refractivity contribution is -0.126. The first-order valence-electron chi connectivity index (χ1n) is 7.85. The Hall–Kier alpha value is -1.80. The third-order valence-corrected chi connectivity index (χ3v) is 4.90. The topological polar surface area (TPSA) is 105 Å². The third kappa shape index (κ3) is 6.01. The number of aldehydes is 1. The summed E-state index contributed by atoms with van der Waals surface area (Å²) in [5, 5.41) is 2.60. The van der Waals surface area contributed by atoms with E-state index in [0.29, 0.717) is 12.7 Å². The molecule has 1 heterocycles. The molecule has 0 radical (unpaired) electrons. The SMILES string of the molecule is CC(C)C[C@H](NS(=O)(=O)c1cccnc1)C(=O)N[C@H](C=O)C(C)C. The quantitative estimate of drug-likeness (QED) is 0.646. The van der Waals surface area contributed by atoms with Crippen molar-refractivity contribution in [2.24, 2.45) is 11.8 Å². The van der Waals surface area contributed by atoms with Gasteiger partial charge in [0.1, 0.15) is 17.2 Å². The molecule has 2 N–H and O–H groups in total. The zero-order chi connectivity index (χ0) is 18.3. The van der Waals surface area contributed by atoms with Crippen LogP contribution in [-0.2, 0) is 19.6 Å². The number of nitrogens with one attached hydrogen (secondary N) is 2. The van der Waals surface area contributed by atoms with Gasteiger partial charge in [0.05, 0.1) is 6.04 Å². The highest BCUT2D eigenvalue weighted by Gasteiger charge is 2.28. The molecule has 0 bridgehead atoms. The molecule has 0 saturated heterocycles. The molecular formula is C16H25N3O4S. The van der Waals surface area contributed by atoms with Gasteiger partial charge < -0.3 is 10.1 Å². The van der Waals surface area contributed by atoms with E-state index in [9.17, 15) is 18.0 Å². The second-order valence-corrected chi connectivity index (χ2v) is 8.12. The van der Waals surface area contributed by atoms with E-state index in [1.807, 2.05) is 13.8 Å². The minimum Gasteiger partial charge on any atom is -0.345 e. The fraction of sp³-hybridized carbons (Fsp3) is 0.562. The molecule has 0 aliphatic carbocycles. The zero-order valence-electron chi connectivity index (χ0n) is 14.4. The van der Waals surface area contributed by atoms with E-state index in [4.69, 9.17) is 0 Å². The fourth-order valence-electron chi connectivity index (χ4n) is 2.06. The molecule has 1 aromatic heterocycles. The second-order valence-electron chi connectivity index (χ2n) is 6.41. The number of nitrogens with zero attached hydrogens (tertiary/aromatic N) is 1. The van der Waals surface area contributed by atoms with Gasteiger partial charge in [0, 0.05) is 12.4 Å². The van der Waals surface area contributed by atoms with Gasteiger partial charge in [-0.3, -0.25) is 9.78 Å². The standard InChI is InChI=1S/C16H25N3O4S/c1-11(2)8-14(16(21)18-15(10-20)12(3)4)19-24(22,23)13-6-5-7-17-9-13/h5-7,9-12,14-15,19H,8H2,1-4H3,(H,18,21)/t14-,15+/m0/s1. The molecule has 2 atom stereocenters. The van der Waals surface area contributed by atoms with Gasteiger partial charge in [-0.05, 0) is 30.4 Å². The molecule has 134 valence electrons. The summed E-state index contributed by atoms with van der Waals surface area (Å²) in [7, 11) is -3.87. The molecule has 7 nitrogen and oxygen atoms in total. The largest absolute Gasteiger partial charge is 0.345 e. The van der Waals surface area contributed by atoms with Crippen LogP contribution < -0.4 is 10.0 Å². The minimum atomic E-state index is -3.87. The van der Waals surface area contributed by atoms with Crippen LogP contribution in [0.2, 0.25) is 0 Å². The molecule has 0 spiro atoms. The van der Waals surface area contributed by atoms with Gasteiger partial charge in [0.15, 0.2) is 0 Å². The average Bonchev–Trinajstić information content (AvgIpc) is 2.51. The smallest absolute Gasteiger partial charge is 0.242 e. The monoisotopic (exact) mass is 355 g/mol. The van der Waals surface area contributed by atoms with Crippen LogP contribution >= 0.6 is 0 Å². The van der Waals surface area contributed by atoms with Gasteiger partial charge in [0.2, 0.25) is 15.9 Å². The van der Waals surface area contributed by atoms with E-state index in [1.165, 1.54) is 24.5 Å². The molecular weight excluding hydrogens is 330 g/mol. The first kappa shape index (κ1) is 20.2. The minimum absolute atomic E-state index is 0.0117. The van der Waals surface area contributed by atoms with Crippen molar-refractivity contribution in [3.05, 3.63) is 24.5 Å². The van der Waals surface area contributed by atoms with E-state index in [-0.39, 0.29) is 16.7 Å². The lowest BCUT2D eigenvalue weighted by Crippen LogP contribution is -2.51. The van der Waals surface area contributed by atoms with E-state index in [1.54, 1.807) is 13.8 Å². The predicted octanol–water partition coefficient (Wildman–Crippen LogP) is 1.11. The highest BCUT2D eigenvalue weighted by molar-refractivity contribution is 7.89. The molecule has 0 unspecified atom stereocenters. The Kier molecular flexibility index (Phi) is 7.50. The maximum Gasteiger partial charge on any atom is 0.242 e. The zero-order valence-corrected chi connectivity index (χ0v) is 15.2. The number of rotatable bonds is 9. The Morgan fingerprint density at radius 3 is 2.42 bits per heavy atom. The summed E-state index contributed by atoms with van der Waals surface area (Å²) in [6, 6.07) is 1.29. The summed E-state index contributed by atoms with van der Waals surface area (Å²) < 4.78 is 27.2. The first-order chi connectivity index (χ1) is 11.2. The Labute approximate surface area is 143 Å². The van der Waals surface area contributed by atoms with Gasteiger partial charge in [-0.1, -0.05) is 27.7 Å². The maximum absolute atomic E-state index is 12.4. The van der Waals surface area contributed by atoms with Gasteiger partial charge in [-0.2, -0.15) is 4.72 Å². The highest BCUT2D eigenvalue weighted by atomic mass is 32.2. The summed E-state index contributed by atoms with van der Waals surface area (Å²) in [4.78, 5) is 27.3. The van der Waals surface area contributed by atoms with Crippen LogP contribution in [0.4, 0.5) is 0 Å². The first-order valence-corrected chi connectivity index (χ1v) is 9.33. The predicted molar refractivity (Wildman–Crippen MR) is 90.6 cm³/mol. The van der Waals surface area contributed by atoms with Gasteiger partial charge in [0.25, 0.3) is 0 Å². The number of sulfonamides is 1. The van der Waals surface area contributed by atoms with Crippen LogP contribution in [0.1, 0.15) is 34.1 Å². The van der Waals surface area contributed by atoms with Crippen molar-refractivity contribution < 1.29 is 18.0 Å². The Morgan fingerprint density at radius 2 is 1.96 bits per heavy atom. The molecule has 0 saturated carbocycles. The summed E-state index contributed by atoms with van der Waals surface area (Å²) in [5.74, 6) is -0.505. The van der Waals surface area contributed by atoms with Gasteiger partial charge in [-0.25, -0.2) is 8.42 Å². The molecule has 0 aliphatic rings. The fourth-order valence-corrected chi connectivity index (χ4v) is 3.24. The van der Waals surface area contributed by atoms with E-state index in [0.717, 1.165) is 0 Å². The van der Waals surface area contributed by atoms with E-state index >= 15 is 0 Å². The molecule has 24 heavy (non-hydrogen) atoms. The normalized spacial score (nSPS) is 14.4. The number of hydrogen-bond donors (Lipinski definition) is 2. The summed E-state index contributed by atoms with van der Waals surface area (Å²) in [5.41, 5.74) is 0. The lowest BCUT2D eigenvalue weighted by Gasteiger charge is -2.23. The van der Waals surface area contributed by atoms with Crippen LogP contribution in [-0.4, -0.2) is 37.7 Å². The third-order valence-electron chi connectivity index (χ3n) is 3.44. The van der Waals surface area contributed by atoms with Crippen molar-refractivity contribution in [3.63, 3.8) is 0 Å². The Morgan fingerprint density at radius 1 is 1.29 bits per heavy atom. The van der Waals surface area contributed by atoms with Crippen molar-refractivity contribution in [3.8, 4) is 0 Å². The summed E-state index contributed by atoms with van der Waals surface area (Å²) in [6.45, 7) is 7.38.